The van der Waals surface area contributed by atoms with Crippen molar-refractivity contribution in [3.63, 3.8) is 0 Å². The van der Waals surface area contributed by atoms with E-state index in [4.69, 9.17) is 4.98 Å². The highest BCUT2D eigenvalue weighted by atomic mass is 79.9. The van der Waals surface area contributed by atoms with Crippen LogP contribution in [0.2, 0.25) is 0 Å². The van der Waals surface area contributed by atoms with Crippen molar-refractivity contribution >= 4 is 44.3 Å². The zero-order valence-corrected chi connectivity index (χ0v) is 16.5. The molecule has 4 aromatic rings. The summed E-state index contributed by atoms with van der Waals surface area (Å²) in [6.07, 6.45) is 0. The number of nitrogens with one attached hydrogen (secondary N) is 2. The van der Waals surface area contributed by atoms with Crippen LogP contribution in [-0.2, 0) is 6.54 Å². The maximum Gasteiger partial charge on any atom is 0.229 e. The zero-order valence-electron chi connectivity index (χ0n) is 14.9. The van der Waals surface area contributed by atoms with Crippen LogP contribution < -0.4 is 10.6 Å². The van der Waals surface area contributed by atoms with E-state index in [1.165, 1.54) is 11.1 Å². The molecule has 1 heterocycles. The Morgan fingerprint density at radius 3 is 2.37 bits per heavy atom. The molecule has 4 rings (SSSR count). The van der Waals surface area contributed by atoms with Crippen molar-refractivity contribution in [1.29, 1.82) is 0 Å². The summed E-state index contributed by atoms with van der Waals surface area (Å²) in [5.74, 6) is 1.39. The molecule has 0 spiro atoms. The number of hydrogen-bond acceptors (Lipinski definition) is 4. The van der Waals surface area contributed by atoms with Gasteiger partial charge in [-0.2, -0.15) is 4.98 Å². The lowest BCUT2D eigenvalue weighted by molar-refractivity contribution is 1.10. The van der Waals surface area contributed by atoms with E-state index in [-0.39, 0.29) is 0 Å². The molecule has 0 fully saturated rings. The molecule has 134 valence electrons. The van der Waals surface area contributed by atoms with Crippen molar-refractivity contribution in [2.24, 2.45) is 0 Å². The lowest BCUT2D eigenvalue weighted by Crippen LogP contribution is -2.05. The van der Waals surface area contributed by atoms with E-state index in [2.05, 4.69) is 62.7 Å². The van der Waals surface area contributed by atoms with E-state index < -0.39 is 0 Å². The summed E-state index contributed by atoms with van der Waals surface area (Å²) in [5, 5.41) is 7.75. The maximum absolute atomic E-state index is 4.71. The summed E-state index contributed by atoms with van der Waals surface area (Å²) in [5.41, 5.74) is 4.31. The van der Waals surface area contributed by atoms with Gasteiger partial charge in [-0.25, -0.2) is 4.98 Å². The number of aryl methyl sites for hydroxylation is 1. The van der Waals surface area contributed by atoms with Gasteiger partial charge in [0.15, 0.2) is 0 Å². The first-order valence-electron chi connectivity index (χ1n) is 8.76. The molecular formula is C22H19BrN4. The summed E-state index contributed by atoms with van der Waals surface area (Å²) >= 11 is 3.45. The minimum absolute atomic E-state index is 0.572. The minimum Gasteiger partial charge on any atom is -0.365 e. The number of para-hydroxylation sites is 1. The van der Waals surface area contributed by atoms with Gasteiger partial charge in [-0.05, 0) is 48.9 Å². The molecule has 0 aliphatic heterocycles. The van der Waals surface area contributed by atoms with Gasteiger partial charge in [-0.15, -0.1) is 0 Å². The molecule has 0 amide bonds. The first-order valence-corrected chi connectivity index (χ1v) is 9.55. The standard InChI is InChI=1S/C22H19BrN4/c1-15-6-8-16(9-7-15)14-24-21-19-4-2-3-5-20(19)26-22(27-21)25-18-12-10-17(23)11-13-18/h2-13H,14H2,1H3,(H2,24,25,26,27). The maximum atomic E-state index is 4.71. The molecule has 1 aromatic heterocycles. The van der Waals surface area contributed by atoms with Crippen LogP contribution in [0.15, 0.2) is 77.3 Å². The second kappa shape index (κ2) is 7.76. The Morgan fingerprint density at radius 1 is 0.852 bits per heavy atom. The number of hydrogen-bond donors (Lipinski definition) is 2. The second-order valence-electron chi connectivity index (χ2n) is 6.38. The van der Waals surface area contributed by atoms with Gasteiger partial charge in [0.1, 0.15) is 5.82 Å². The zero-order chi connectivity index (χ0) is 18.6. The summed E-state index contributed by atoms with van der Waals surface area (Å²) < 4.78 is 1.04. The number of nitrogens with zero attached hydrogens (tertiary/aromatic N) is 2. The smallest absolute Gasteiger partial charge is 0.229 e. The molecule has 0 bridgehead atoms. The van der Waals surface area contributed by atoms with E-state index in [1.807, 2.05) is 48.5 Å². The van der Waals surface area contributed by atoms with Crippen molar-refractivity contribution in [1.82, 2.24) is 9.97 Å². The minimum atomic E-state index is 0.572. The normalized spacial score (nSPS) is 10.7. The predicted molar refractivity (Wildman–Crippen MR) is 115 cm³/mol. The van der Waals surface area contributed by atoms with E-state index in [0.29, 0.717) is 12.5 Å². The first kappa shape index (κ1) is 17.5. The highest BCUT2D eigenvalue weighted by molar-refractivity contribution is 9.10. The molecule has 27 heavy (non-hydrogen) atoms. The fraction of sp³-hybridized carbons (Fsp3) is 0.0909. The molecule has 0 unspecified atom stereocenters. The number of benzene rings is 3. The van der Waals surface area contributed by atoms with Crippen LogP contribution in [0.3, 0.4) is 0 Å². The molecule has 5 heteroatoms. The third-order valence-corrected chi connectivity index (χ3v) is 4.81. The highest BCUT2D eigenvalue weighted by Crippen LogP contribution is 2.24. The summed E-state index contributed by atoms with van der Waals surface area (Å²) in [7, 11) is 0. The van der Waals surface area contributed by atoms with Gasteiger partial charge in [0.2, 0.25) is 5.95 Å². The molecule has 0 saturated carbocycles. The fourth-order valence-corrected chi connectivity index (χ4v) is 3.09. The van der Waals surface area contributed by atoms with Gasteiger partial charge in [0, 0.05) is 22.1 Å². The molecule has 4 nitrogen and oxygen atoms in total. The number of fused-ring (bicyclic) bond motifs is 1. The van der Waals surface area contributed by atoms with E-state index in [0.717, 1.165) is 26.9 Å². The molecule has 0 radical (unpaired) electrons. The van der Waals surface area contributed by atoms with Crippen molar-refractivity contribution < 1.29 is 0 Å². The fourth-order valence-electron chi connectivity index (χ4n) is 2.82. The Bertz CT molecular complexity index is 1060. The third-order valence-electron chi connectivity index (χ3n) is 4.28. The van der Waals surface area contributed by atoms with Crippen molar-refractivity contribution in [3.8, 4) is 0 Å². The molecular weight excluding hydrogens is 400 g/mol. The Labute approximate surface area is 166 Å². The van der Waals surface area contributed by atoms with Crippen molar-refractivity contribution in [2.75, 3.05) is 10.6 Å². The van der Waals surface area contributed by atoms with Crippen molar-refractivity contribution in [3.05, 3.63) is 88.4 Å². The van der Waals surface area contributed by atoms with Crippen LogP contribution >= 0.6 is 15.9 Å². The lowest BCUT2D eigenvalue weighted by Gasteiger charge is -2.12. The van der Waals surface area contributed by atoms with Gasteiger partial charge >= 0.3 is 0 Å². The SMILES string of the molecule is Cc1ccc(CNc2nc(Nc3ccc(Br)cc3)nc3ccccc23)cc1. The van der Waals surface area contributed by atoms with Gasteiger partial charge in [-0.3, -0.25) is 0 Å². The average Bonchev–Trinajstić information content (AvgIpc) is 2.69. The number of rotatable bonds is 5. The van der Waals surface area contributed by atoms with Gasteiger partial charge < -0.3 is 10.6 Å². The van der Waals surface area contributed by atoms with Crippen LogP contribution in [0, 0.1) is 6.92 Å². The Balaban J connectivity index is 1.63. The topological polar surface area (TPSA) is 49.8 Å². The predicted octanol–water partition coefficient (Wildman–Crippen LogP) is 6.06. The summed E-state index contributed by atoms with van der Waals surface area (Å²) in [6.45, 7) is 2.80. The van der Waals surface area contributed by atoms with Gasteiger partial charge in [-0.1, -0.05) is 57.9 Å². The molecule has 0 saturated heterocycles. The highest BCUT2D eigenvalue weighted by Gasteiger charge is 2.08. The third kappa shape index (κ3) is 4.26. The quantitative estimate of drug-likeness (QED) is 0.413. The molecule has 2 N–H and O–H groups in total. The Kier molecular flexibility index (Phi) is 5.03. The first-order chi connectivity index (χ1) is 13.2. The summed E-state index contributed by atoms with van der Waals surface area (Å²) in [4.78, 5) is 9.35. The molecule has 0 atom stereocenters. The number of anilines is 3. The van der Waals surface area contributed by atoms with E-state index >= 15 is 0 Å². The van der Waals surface area contributed by atoms with Gasteiger partial charge in [0.25, 0.3) is 0 Å². The largest absolute Gasteiger partial charge is 0.365 e. The Morgan fingerprint density at radius 2 is 1.59 bits per heavy atom. The van der Waals surface area contributed by atoms with E-state index in [1.54, 1.807) is 0 Å². The monoisotopic (exact) mass is 418 g/mol. The van der Waals surface area contributed by atoms with Gasteiger partial charge in [0.05, 0.1) is 5.52 Å². The average molecular weight is 419 g/mol. The molecule has 0 aliphatic rings. The van der Waals surface area contributed by atoms with Crippen molar-refractivity contribution in [2.45, 2.75) is 13.5 Å². The number of halogens is 1. The van der Waals surface area contributed by atoms with E-state index in [9.17, 15) is 0 Å². The van der Waals surface area contributed by atoms with Crippen LogP contribution in [-0.4, -0.2) is 9.97 Å². The Hall–Kier alpha value is -2.92. The van der Waals surface area contributed by atoms with Crippen LogP contribution in [0.25, 0.3) is 10.9 Å². The number of aromatic nitrogens is 2. The molecule has 3 aromatic carbocycles. The van der Waals surface area contributed by atoms with Crippen LogP contribution in [0.5, 0.6) is 0 Å². The lowest BCUT2D eigenvalue weighted by atomic mass is 10.1. The van der Waals surface area contributed by atoms with Crippen LogP contribution in [0.4, 0.5) is 17.5 Å². The van der Waals surface area contributed by atoms with Crippen LogP contribution in [0.1, 0.15) is 11.1 Å². The molecule has 0 aliphatic carbocycles. The second-order valence-corrected chi connectivity index (χ2v) is 7.30. The summed E-state index contributed by atoms with van der Waals surface area (Å²) in [6, 6.07) is 24.5.